The number of aromatic nitrogens is 1. The number of imide groups is 1. The van der Waals surface area contributed by atoms with Crippen LogP contribution in [0.25, 0.3) is 10.9 Å². The van der Waals surface area contributed by atoms with Crippen molar-refractivity contribution < 1.29 is 14.3 Å². The molecule has 1 aromatic heterocycles. The lowest BCUT2D eigenvalue weighted by molar-refractivity contribution is -0.120. The number of fused-ring (bicyclic) bond motifs is 4. The summed E-state index contributed by atoms with van der Waals surface area (Å²) in [5, 5.41) is 1.10. The number of nitrogens with one attached hydrogen (secondary N) is 1. The van der Waals surface area contributed by atoms with Gasteiger partial charge in [0.05, 0.1) is 12.3 Å². The molecular weight excluding hydrogens is 426 g/mol. The maximum absolute atomic E-state index is 14.0. The minimum absolute atomic E-state index is 0.217. The molecule has 2 unspecified atom stereocenters. The number of anilines is 1. The molecule has 1 fully saturated rings. The van der Waals surface area contributed by atoms with Crippen LogP contribution in [-0.2, 0) is 11.2 Å². The van der Waals surface area contributed by atoms with E-state index in [9.17, 15) is 9.59 Å². The number of rotatable bonds is 4. The number of H-pyrrole nitrogens is 1. The molecule has 0 aliphatic carbocycles. The highest BCUT2D eigenvalue weighted by Crippen LogP contribution is 2.46. The van der Waals surface area contributed by atoms with E-state index in [0.29, 0.717) is 24.5 Å². The van der Waals surface area contributed by atoms with E-state index in [4.69, 9.17) is 4.74 Å². The smallest absolute Gasteiger partial charge is 0.333 e. The number of hydrogen-bond acceptors (Lipinski definition) is 3. The molecule has 3 heterocycles. The van der Waals surface area contributed by atoms with Crippen LogP contribution in [-0.4, -0.2) is 34.5 Å². The Morgan fingerprint density at radius 1 is 1.00 bits per heavy atom. The van der Waals surface area contributed by atoms with Crippen molar-refractivity contribution in [3.05, 3.63) is 95.2 Å². The Morgan fingerprint density at radius 3 is 2.62 bits per heavy atom. The van der Waals surface area contributed by atoms with Crippen molar-refractivity contribution in [2.24, 2.45) is 0 Å². The Hall–Kier alpha value is -4.06. The zero-order valence-electron chi connectivity index (χ0n) is 19.1. The van der Waals surface area contributed by atoms with Crippen LogP contribution >= 0.6 is 0 Å². The predicted octanol–water partition coefficient (Wildman–Crippen LogP) is 5.36. The summed E-state index contributed by atoms with van der Waals surface area (Å²) < 4.78 is 5.76. The van der Waals surface area contributed by atoms with Gasteiger partial charge < -0.3 is 9.72 Å². The summed E-state index contributed by atoms with van der Waals surface area (Å²) in [6, 6.07) is 22.2. The molecule has 0 spiro atoms. The Morgan fingerprint density at radius 2 is 1.79 bits per heavy atom. The molecule has 2 aliphatic heterocycles. The summed E-state index contributed by atoms with van der Waals surface area (Å²) in [6.07, 6.45) is 0.472. The first-order valence-corrected chi connectivity index (χ1v) is 11.6. The van der Waals surface area contributed by atoms with Crippen molar-refractivity contribution in [3.8, 4) is 5.75 Å². The Kier molecular flexibility index (Phi) is 4.69. The summed E-state index contributed by atoms with van der Waals surface area (Å²) in [7, 11) is 0. The van der Waals surface area contributed by atoms with E-state index in [-0.39, 0.29) is 18.0 Å². The van der Waals surface area contributed by atoms with Crippen LogP contribution in [0.15, 0.2) is 72.8 Å². The van der Waals surface area contributed by atoms with Gasteiger partial charge in [0, 0.05) is 23.0 Å². The molecule has 6 rings (SSSR count). The van der Waals surface area contributed by atoms with E-state index < -0.39 is 6.04 Å². The van der Waals surface area contributed by atoms with Crippen LogP contribution in [0.3, 0.4) is 0 Å². The summed E-state index contributed by atoms with van der Waals surface area (Å²) in [4.78, 5) is 34.4. The van der Waals surface area contributed by atoms with Gasteiger partial charge in [0.25, 0.3) is 5.91 Å². The normalized spacial score (nSPS) is 19.5. The zero-order valence-corrected chi connectivity index (χ0v) is 19.1. The topological polar surface area (TPSA) is 65.6 Å². The molecule has 4 aromatic rings. The molecule has 0 saturated carbocycles. The lowest BCUT2D eigenvalue weighted by atomic mass is 9.88. The SMILES string of the molecule is CCOc1ccccc1N1C(=O)C2Cc3c([nH]c4ccccc34)C(c3cccc(C)c3)N2C1=O. The molecule has 2 atom stereocenters. The summed E-state index contributed by atoms with van der Waals surface area (Å²) in [5.74, 6) is 0.313. The molecule has 0 bridgehead atoms. The highest BCUT2D eigenvalue weighted by atomic mass is 16.5. The van der Waals surface area contributed by atoms with Crippen molar-refractivity contribution in [1.82, 2.24) is 9.88 Å². The average Bonchev–Trinajstić information content (AvgIpc) is 3.33. The Labute approximate surface area is 197 Å². The average molecular weight is 452 g/mol. The second-order valence-corrected chi connectivity index (χ2v) is 8.86. The van der Waals surface area contributed by atoms with Gasteiger partial charge in [0.1, 0.15) is 17.8 Å². The molecule has 34 heavy (non-hydrogen) atoms. The van der Waals surface area contributed by atoms with Crippen molar-refractivity contribution in [3.63, 3.8) is 0 Å². The van der Waals surface area contributed by atoms with Gasteiger partial charge in [-0.1, -0.05) is 60.2 Å². The van der Waals surface area contributed by atoms with Crippen LogP contribution in [0.5, 0.6) is 5.75 Å². The predicted molar refractivity (Wildman–Crippen MR) is 131 cm³/mol. The quantitative estimate of drug-likeness (QED) is 0.425. The van der Waals surface area contributed by atoms with Gasteiger partial charge in [-0.15, -0.1) is 0 Å². The number of aryl methyl sites for hydroxylation is 1. The standard InChI is InChI=1S/C28H25N3O3/c1-3-34-24-14-7-6-13-22(24)31-27(32)23-16-20-19-11-4-5-12-21(19)29-25(20)26(30(23)28(31)33)18-10-8-9-17(2)15-18/h4-15,23,26,29H,3,16H2,1-2H3. The van der Waals surface area contributed by atoms with E-state index in [1.54, 1.807) is 17.0 Å². The van der Waals surface area contributed by atoms with Crippen LogP contribution in [0.2, 0.25) is 0 Å². The number of aromatic amines is 1. The van der Waals surface area contributed by atoms with Gasteiger partial charge in [-0.25, -0.2) is 9.69 Å². The van der Waals surface area contributed by atoms with Gasteiger partial charge in [-0.3, -0.25) is 9.69 Å². The third kappa shape index (κ3) is 2.95. The van der Waals surface area contributed by atoms with E-state index in [0.717, 1.165) is 33.3 Å². The molecule has 170 valence electrons. The highest BCUT2D eigenvalue weighted by molar-refractivity contribution is 6.22. The fourth-order valence-corrected chi connectivity index (χ4v) is 5.40. The van der Waals surface area contributed by atoms with Crippen LogP contribution in [0.1, 0.15) is 35.3 Å². The fraction of sp³-hybridized carbons (Fsp3) is 0.214. The lowest BCUT2D eigenvalue weighted by Gasteiger charge is -2.36. The van der Waals surface area contributed by atoms with Crippen molar-refractivity contribution in [1.29, 1.82) is 0 Å². The molecule has 6 heteroatoms. The molecule has 6 nitrogen and oxygen atoms in total. The summed E-state index contributed by atoms with van der Waals surface area (Å²) >= 11 is 0. The first-order valence-electron chi connectivity index (χ1n) is 11.6. The van der Waals surface area contributed by atoms with Crippen LogP contribution < -0.4 is 9.64 Å². The maximum Gasteiger partial charge on any atom is 0.333 e. The number of hydrogen-bond donors (Lipinski definition) is 1. The number of ether oxygens (including phenoxy) is 1. The van der Waals surface area contributed by atoms with E-state index >= 15 is 0 Å². The number of urea groups is 1. The van der Waals surface area contributed by atoms with Crippen molar-refractivity contribution >= 4 is 28.5 Å². The number of carbonyl (C=O) groups excluding carboxylic acids is 2. The Bertz CT molecular complexity index is 1440. The minimum Gasteiger partial charge on any atom is -0.492 e. The van der Waals surface area contributed by atoms with E-state index in [2.05, 4.69) is 17.1 Å². The molecule has 0 radical (unpaired) electrons. The first kappa shape index (κ1) is 20.5. The fourth-order valence-electron chi connectivity index (χ4n) is 5.40. The third-order valence-corrected chi connectivity index (χ3v) is 6.81. The second kappa shape index (κ2) is 7.76. The molecule has 3 amide bonds. The number of benzene rings is 3. The summed E-state index contributed by atoms with van der Waals surface area (Å²) in [6.45, 7) is 4.37. The van der Waals surface area contributed by atoms with Gasteiger partial charge >= 0.3 is 6.03 Å². The largest absolute Gasteiger partial charge is 0.492 e. The third-order valence-electron chi connectivity index (χ3n) is 6.81. The first-order chi connectivity index (χ1) is 16.6. The van der Waals surface area contributed by atoms with E-state index in [1.807, 2.05) is 62.4 Å². The Balaban J connectivity index is 1.54. The van der Waals surface area contributed by atoms with E-state index in [1.165, 1.54) is 4.90 Å². The molecule has 1 saturated heterocycles. The van der Waals surface area contributed by atoms with Crippen molar-refractivity contribution in [2.75, 3.05) is 11.5 Å². The monoisotopic (exact) mass is 451 g/mol. The number of para-hydroxylation sites is 3. The number of amides is 3. The highest BCUT2D eigenvalue weighted by Gasteiger charge is 2.53. The molecule has 2 aliphatic rings. The maximum atomic E-state index is 14.0. The zero-order chi connectivity index (χ0) is 23.4. The van der Waals surface area contributed by atoms with Crippen molar-refractivity contribution in [2.45, 2.75) is 32.4 Å². The summed E-state index contributed by atoms with van der Waals surface area (Å²) in [5.41, 5.74) is 5.68. The number of carbonyl (C=O) groups is 2. The van der Waals surface area contributed by atoms with Crippen LogP contribution in [0, 0.1) is 6.92 Å². The molecular formula is C28H25N3O3. The molecule has 3 aromatic carbocycles. The lowest BCUT2D eigenvalue weighted by Crippen LogP contribution is -2.44. The van der Waals surface area contributed by atoms with Gasteiger partial charge in [-0.05, 0) is 43.2 Å². The van der Waals surface area contributed by atoms with Gasteiger partial charge in [0.15, 0.2) is 0 Å². The van der Waals surface area contributed by atoms with Gasteiger partial charge in [-0.2, -0.15) is 0 Å². The van der Waals surface area contributed by atoms with Crippen LogP contribution in [0.4, 0.5) is 10.5 Å². The van der Waals surface area contributed by atoms with Gasteiger partial charge in [0.2, 0.25) is 0 Å². The number of nitrogens with zero attached hydrogens (tertiary/aromatic N) is 2. The molecule has 1 N–H and O–H groups in total. The minimum atomic E-state index is -0.584. The second-order valence-electron chi connectivity index (χ2n) is 8.86.